The number of pyridine rings is 2. The van der Waals surface area contributed by atoms with Crippen molar-refractivity contribution in [2.75, 3.05) is 38.8 Å². The Bertz CT molecular complexity index is 1860. The molecular weight excluding hydrogens is 568 g/mol. The molecule has 0 spiro atoms. The van der Waals surface area contributed by atoms with Crippen LogP contribution in [0, 0.1) is 6.92 Å². The number of anilines is 1. The lowest BCUT2D eigenvalue weighted by molar-refractivity contribution is -0.126. The zero-order valence-corrected chi connectivity index (χ0v) is 26.8. The van der Waals surface area contributed by atoms with E-state index in [4.69, 9.17) is 24.4 Å². The third kappa shape index (κ3) is 5.32. The quantitative estimate of drug-likeness (QED) is 0.245. The third-order valence-corrected chi connectivity index (χ3v) is 8.86. The van der Waals surface area contributed by atoms with E-state index in [1.54, 1.807) is 29.9 Å². The monoisotopic (exact) mass is 608 g/mol. The lowest BCUT2D eigenvalue weighted by atomic mass is 9.99. The Hall–Kier alpha value is -4.73. The number of piperazine rings is 1. The lowest BCUT2D eigenvalue weighted by Crippen LogP contribution is -2.54. The van der Waals surface area contributed by atoms with Crippen molar-refractivity contribution in [3.8, 4) is 28.4 Å². The maximum Gasteiger partial charge on any atom is 0.355 e. The number of aromatic nitrogens is 4. The molecule has 4 aromatic rings. The van der Waals surface area contributed by atoms with Crippen molar-refractivity contribution >= 4 is 22.8 Å². The summed E-state index contributed by atoms with van der Waals surface area (Å²) in [4.78, 5) is 45.5. The second kappa shape index (κ2) is 12.0. The molecule has 2 aliphatic rings. The fourth-order valence-electron chi connectivity index (χ4n) is 6.45. The van der Waals surface area contributed by atoms with E-state index in [0.29, 0.717) is 54.2 Å². The van der Waals surface area contributed by atoms with Gasteiger partial charge in [-0.2, -0.15) is 4.98 Å². The second-order valence-corrected chi connectivity index (χ2v) is 12.2. The first kappa shape index (κ1) is 30.3. The van der Waals surface area contributed by atoms with Crippen LogP contribution in [-0.2, 0) is 4.79 Å². The molecule has 1 aromatic carbocycles. The van der Waals surface area contributed by atoms with Crippen LogP contribution >= 0.6 is 0 Å². The molecule has 1 aliphatic heterocycles. The van der Waals surface area contributed by atoms with E-state index in [1.165, 1.54) is 6.08 Å². The fourth-order valence-corrected chi connectivity index (χ4v) is 6.45. The number of para-hydroxylation sites is 1. The maximum atomic E-state index is 14.3. The summed E-state index contributed by atoms with van der Waals surface area (Å²) < 4.78 is 13.1. The minimum Gasteiger partial charge on any atom is -0.493 e. The number of carbonyl (C=O) groups is 1. The van der Waals surface area contributed by atoms with E-state index in [2.05, 4.69) is 38.3 Å². The van der Waals surface area contributed by atoms with Gasteiger partial charge >= 0.3 is 5.69 Å². The summed E-state index contributed by atoms with van der Waals surface area (Å²) in [5, 5.41) is 0.787. The first-order chi connectivity index (χ1) is 21.7. The number of nitrogens with zero attached hydrogens (tertiary/aromatic N) is 6. The average molecular weight is 609 g/mol. The molecule has 0 radical (unpaired) electrons. The molecule has 1 aliphatic carbocycles. The number of hydrogen-bond acceptors (Lipinski definition) is 8. The van der Waals surface area contributed by atoms with Crippen molar-refractivity contribution < 1.29 is 14.3 Å². The molecule has 1 unspecified atom stereocenters. The number of methoxy groups -OCH3 is 2. The Labute approximate surface area is 263 Å². The predicted molar refractivity (Wildman–Crippen MR) is 176 cm³/mol. The zero-order valence-electron chi connectivity index (χ0n) is 26.8. The van der Waals surface area contributed by atoms with Gasteiger partial charge in [-0.1, -0.05) is 26.5 Å². The van der Waals surface area contributed by atoms with Gasteiger partial charge in [-0.3, -0.25) is 9.78 Å². The Balaban J connectivity index is 1.68. The summed E-state index contributed by atoms with van der Waals surface area (Å²) in [6.07, 6.45) is 5.22. The number of fused-ring (bicyclic) bond motifs is 1. The molecule has 0 bridgehead atoms. The predicted octanol–water partition coefficient (Wildman–Crippen LogP) is 5.39. The average Bonchev–Trinajstić information content (AvgIpc) is 3.89. The topological polar surface area (TPSA) is 103 Å². The van der Waals surface area contributed by atoms with E-state index in [1.807, 2.05) is 31.2 Å². The van der Waals surface area contributed by atoms with Crippen LogP contribution in [0.1, 0.15) is 62.3 Å². The van der Waals surface area contributed by atoms with Crippen molar-refractivity contribution in [1.82, 2.24) is 24.4 Å². The third-order valence-electron chi connectivity index (χ3n) is 8.86. The van der Waals surface area contributed by atoms with Gasteiger partial charge in [0.1, 0.15) is 5.82 Å². The van der Waals surface area contributed by atoms with Gasteiger partial charge in [-0.15, -0.1) is 0 Å². The molecule has 234 valence electrons. The molecule has 3 aromatic heterocycles. The van der Waals surface area contributed by atoms with Crippen molar-refractivity contribution in [3.05, 3.63) is 76.5 Å². The highest BCUT2D eigenvalue weighted by molar-refractivity contribution is 5.93. The zero-order chi connectivity index (χ0) is 32.0. The molecule has 45 heavy (non-hydrogen) atoms. The standard InChI is InChI=1S/C35H40N6O4/c1-8-28(42)39-16-17-40(22(5)19-39)33-26-18-25(23-12-13-23)30(24-10-9-11-27(44-6)32(24)45-7)37-34(26)41(35(43)38-33)31-21(4)14-15-36-29(31)20(2)3/h8-11,14-15,18,20,22-23H,1,12-13,16-17,19H2,2-7H3. The molecule has 1 saturated heterocycles. The van der Waals surface area contributed by atoms with Crippen LogP contribution < -0.4 is 20.1 Å². The first-order valence-corrected chi connectivity index (χ1v) is 15.5. The summed E-state index contributed by atoms with van der Waals surface area (Å²) in [6, 6.07) is 9.78. The summed E-state index contributed by atoms with van der Waals surface area (Å²) in [7, 11) is 3.25. The molecule has 1 saturated carbocycles. The Morgan fingerprint density at radius 1 is 1.11 bits per heavy atom. The van der Waals surface area contributed by atoms with Gasteiger partial charge in [0.25, 0.3) is 0 Å². The molecule has 10 nitrogen and oxygen atoms in total. The number of aryl methyl sites for hydroxylation is 1. The highest BCUT2D eigenvalue weighted by Crippen LogP contribution is 2.48. The molecule has 6 rings (SSSR count). The first-order valence-electron chi connectivity index (χ1n) is 15.5. The van der Waals surface area contributed by atoms with E-state index < -0.39 is 5.69 Å². The molecular formula is C35H40N6O4. The molecule has 1 atom stereocenters. The maximum absolute atomic E-state index is 14.3. The van der Waals surface area contributed by atoms with Crippen LogP contribution in [0.2, 0.25) is 0 Å². The summed E-state index contributed by atoms with van der Waals surface area (Å²) in [5.41, 5.74) is 5.12. The Morgan fingerprint density at radius 3 is 2.53 bits per heavy atom. The van der Waals surface area contributed by atoms with Crippen LogP contribution in [0.4, 0.5) is 5.82 Å². The van der Waals surface area contributed by atoms with Gasteiger partial charge in [0, 0.05) is 37.4 Å². The van der Waals surface area contributed by atoms with Gasteiger partial charge in [0.05, 0.1) is 36.7 Å². The van der Waals surface area contributed by atoms with Gasteiger partial charge < -0.3 is 19.3 Å². The second-order valence-electron chi connectivity index (χ2n) is 12.2. The van der Waals surface area contributed by atoms with Crippen molar-refractivity contribution in [3.63, 3.8) is 0 Å². The number of carbonyl (C=O) groups excluding carboxylic acids is 1. The number of benzene rings is 1. The van der Waals surface area contributed by atoms with Crippen LogP contribution in [-0.4, -0.2) is 70.2 Å². The van der Waals surface area contributed by atoms with Gasteiger partial charge in [0.15, 0.2) is 17.1 Å². The number of ether oxygens (including phenoxy) is 2. The van der Waals surface area contributed by atoms with E-state index >= 15 is 0 Å². The SMILES string of the molecule is C=CC(=O)N1CCN(c2nc(=O)n(-c3c(C)ccnc3C(C)C)c3nc(-c4cccc(OC)c4OC)c(C4CC4)cc23)C(C)C1. The minimum atomic E-state index is -0.428. The normalized spacial score (nSPS) is 16.7. The van der Waals surface area contributed by atoms with Crippen LogP contribution in [0.15, 0.2) is 54.0 Å². The highest BCUT2D eigenvalue weighted by atomic mass is 16.5. The molecule has 10 heteroatoms. The lowest BCUT2D eigenvalue weighted by Gasteiger charge is -2.40. The summed E-state index contributed by atoms with van der Waals surface area (Å²) in [6.45, 7) is 13.3. The smallest absolute Gasteiger partial charge is 0.355 e. The van der Waals surface area contributed by atoms with Gasteiger partial charge in [-0.25, -0.2) is 14.3 Å². The summed E-state index contributed by atoms with van der Waals surface area (Å²) in [5.74, 6) is 2.06. The largest absolute Gasteiger partial charge is 0.493 e. The fraction of sp³-hybridized carbons (Fsp3) is 0.400. The molecule has 1 amide bonds. The van der Waals surface area contributed by atoms with Crippen molar-refractivity contribution in [1.29, 1.82) is 0 Å². The Morgan fingerprint density at radius 2 is 1.89 bits per heavy atom. The summed E-state index contributed by atoms with van der Waals surface area (Å²) >= 11 is 0. The molecule has 4 heterocycles. The van der Waals surface area contributed by atoms with E-state index in [0.717, 1.165) is 46.3 Å². The Kier molecular flexibility index (Phi) is 8.07. The molecule has 0 N–H and O–H groups in total. The van der Waals surface area contributed by atoms with Crippen LogP contribution in [0.5, 0.6) is 11.5 Å². The number of rotatable bonds is 8. The number of amides is 1. The van der Waals surface area contributed by atoms with Gasteiger partial charge in [-0.05, 0) is 80.0 Å². The van der Waals surface area contributed by atoms with E-state index in [9.17, 15) is 9.59 Å². The van der Waals surface area contributed by atoms with Crippen LogP contribution in [0.25, 0.3) is 28.0 Å². The van der Waals surface area contributed by atoms with E-state index in [-0.39, 0.29) is 17.9 Å². The minimum absolute atomic E-state index is 0.0562. The highest BCUT2D eigenvalue weighted by Gasteiger charge is 2.34. The van der Waals surface area contributed by atoms with Crippen molar-refractivity contribution in [2.45, 2.75) is 58.4 Å². The van der Waals surface area contributed by atoms with Gasteiger partial charge in [0.2, 0.25) is 5.91 Å². The van der Waals surface area contributed by atoms with Crippen molar-refractivity contribution in [2.24, 2.45) is 0 Å². The molecule has 2 fully saturated rings. The number of hydrogen-bond donors (Lipinski definition) is 0. The van der Waals surface area contributed by atoms with Crippen LogP contribution in [0.3, 0.4) is 0 Å².